The van der Waals surface area contributed by atoms with Crippen LogP contribution in [0.4, 0.5) is 8.78 Å². The Bertz CT molecular complexity index is 651. The van der Waals surface area contributed by atoms with Gasteiger partial charge in [0, 0.05) is 17.2 Å². The van der Waals surface area contributed by atoms with Gasteiger partial charge in [-0.15, -0.1) is 0 Å². The minimum absolute atomic E-state index is 0.344. The Morgan fingerprint density at radius 1 is 0.750 bits per heavy atom. The average molecular weight is 286 g/mol. The molecule has 0 heterocycles. The van der Waals surface area contributed by atoms with Gasteiger partial charge < -0.3 is 0 Å². The first kappa shape index (κ1) is 14.5. The molecule has 0 unspecified atom stereocenters. The van der Waals surface area contributed by atoms with E-state index in [-0.39, 0.29) is 0 Å². The van der Waals surface area contributed by atoms with Gasteiger partial charge in [-0.25, -0.2) is 8.78 Å². The second kappa shape index (κ2) is 5.60. The van der Waals surface area contributed by atoms with Crippen molar-refractivity contribution in [2.24, 2.45) is 0 Å². The van der Waals surface area contributed by atoms with Crippen molar-refractivity contribution in [1.29, 1.82) is 0 Å². The molecule has 0 nitrogen and oxygen atoms in total. The molecule has 20 heavy (non-hydrogen) atoms. The van der Waals surface area contributed by atoms with Gasteiger partial charge in [0.25, 0.3) is 0 Å². The van der Waals surface area contributed by atoms with Crippen molar-refractivity contribution < 1.29 is 8.78 Å². The molecular weight excluding hydrogens is 270 g/mol. The first-order chi connectivity index (χ1) is 9.34. The van der Waals surface area contributed by atoms with E-state index in [4.69, 9.17) is 0 Å². The highest BCUT2D eigenvalue weighted by Gasteiger charge is 2.15. The predicted molar refractivity (Wildman–Crippen MR) is 81.8 cm³/mol. The van der Waals surface area contributed by atoms with Crippen LogP contribution in [0.3, 0.4) is 0 Å². The monoisotopic (exact) mass is 286 g/mol. The number of hydrogen-bond acceptors (Lipinski definition) is 0. The van der Waals surface area contributed by atoms with E-state index in [1.165, 1.54) is 17.3 Å². The number of rotatable bonds is 1. The molecule has 0 saturated heterocycles. The summed E-state index contributed by atoms with van der Waals surface area (Å²) >= 11 is 0. The van der Waals surface area contributed by atoms with Crippen LogP contribution in [-0.2, 0) is 0 Å². The van der Waals surface area contributed by atoms with Gasteiger partial charge in [0.05, 0.1) is 8.07 Å². The van der Waals surface area contributed by atoms with Crippen molar-refractivity contribution in [1.82, 2.24) is 0 Å². The highest BCUT2D eigenvalue weighted by Crippen LogP contribution is 2.07. The van der Waals surface area contributed by atoms with E-state index in [1.807, 2.05) is 12.1 Å². The molecule has 0 N–H and O–H groups in total. The van der Waals surface area contributed by atoms with Crippen molar-refractivity contribution in [3.05, 3.63) is 65.2 Å². The summed E-state index contributed by atoms with van der Waals surface area (Å²) in [6.07, 6.45) is 0. The molecule has 0 fully saturated rings. The van der Waals surface area contributed by atoms with Crippen LogP contribution in [0.25, 0.3) is 0 Å². The normalized spacial score (nSPS) is 10.8. The van der Waals surface area contributed by atoms with Crippen LogP contribution in [0.1, 0.15) is 11.1 Å². The molecule has 2 rings (SSSR count). The van der Waals surface area contributed by atoms with E-state index in [2.05, 4.69) is 43.6 Å². The zero-order chi connectivity index (χ0) is 14.8. The van der Waals surface area contributed by atoms with Crippen LogP contribution in [0.5, 0.6) is 0 Å². The van der Waals surface area contributed by atoms with Crippen LogP contribution in [0.15, 0.2) is 42.5 Å². The minimum atomic E-state index is -1.31. The summed E-state index contributed by atoms with van der Waals surface area (Å²) in [7, 11) is -1.31. The Morgan fingerprint density at radius 2 is 1.25 bits per heavy atom. The number of halogens is 2. The highest BCUT2D eigenvalue weighted by atomic mass is 28.3. The zero-order valence-electron chi connectivity index (χ0n) is 11.8. The molecule has 3 heteroatoms. The van der Waals surface area contributed by atoms with E-state index in [1.54, 1.807) is 0 Å². The summed E-state index contributed by atoms with van der Waals surface area (Å²) in [5, 5.41) is 1.36. The Hall–Kier alpha value is -1.92. The van der Waals surface area contributed by atoms with E-state index < -0.39 is 19.7 Å². The van der Waals surface area contributed by atoms with Crippen molar-refractivity contribution in [2.75, 3.05) is 0 Å². The molecule has 0 aromatic heterocycles. The number of hydrogen-bond donors (Lipinski definition) is 0. The second-order valence-corrected chi connectivity index (χ2v) is 10.8. The maximum atomic E-state index is 13.0. The van der Waals surface area contributed by atoms with Gasteiger partial charge in [-0.3, -0.25) is 0 Å². The fourth-order valence-electron chi connectivity index (χ4n) is 1.82. The smallest absolute Gasteiger partial charge is 0.127 e. The molecule has 0 atom stereocenters. The fraction of sp³-hybridized carbons (Fsp3) is 0.176. The third-order valence-electron chi connectivity index (χ3n) is 2.96. The van der Waals surface area contributed by atoms with Gasteiger partial charge in [-0.2, -0.15) is 0 Å². The quantitative estimate of drug-likeness (QED) is 0.551. The highest BCUT2D eigenvalue weighted by molar-refractivity contribution is 6.88. The largest absolute Gasteiger partial charge is 0.207 e. The van der Waals surface area contributed by atoms with E-state index in [0.29, 0.717) is 5.56 Å². The van der Waals surface area contributed by atoms with E-state index in [0.717, 1.165) is 11.6 Å². The van der Waals surface area contributed by atoms with Gasteiger partial charge in [0.1, 0.15) is 11.6 Å². The van der Waals surface area contributed by atoms with Crippen LogP contribution in [0, 0.1) is 23.5 Å². The third kappa shape index (κ3) is 3.78. The van der Waals surface area contributed by atoms with Crippen LogP contribution in [-0.4, -0.2) is 8.07 Å². The lowest BCUT2D eigenvalue weighted by atomic mass is 10.2. The summed E-state index contributed by atoms with van der Waals surface area (Å²) in [6.45, 7) is 6.84. The molecule has 0 radical (unpaired) electrons. The van der Waals surface area contributed by atoms with Crippen LogP contribution >= 0.6 is 0 Å². The fourth-order valence-corrected chi connectivity index (χ4v) is 2.99. The molecule has 0 spiro atoms. The Morgan fingerprint density at radius 3 is 1.75 bits per heavy atom. The molecule has 0 aliphatic heterocycles. The van der Waals surface area contributed by atoms with Crippen LogP contribution in [0.2, 0.25) is 19.6 Å². The van der Waals surface area contributed by atoms with Crippen molar-refractivity contribution in [3.8, 4) is 11.8 Å². The summed E-state index contributed by atoms with van der Waals surface area (Å²) in [6, 6.07) is 11.4. The maximum absolute atomic E-state index is 13.0. The van der Waals surface area contributed by atoms with Gasteiger partial charge in [-0.05, 0) is 24.3 Å². The standard InChI is InChI=1S/C17H16F2Si/c1-20(2,3)17-8-6-13(7-9-17)4-5-14-10-15(18)12-16(19)11-14/h6-12H,1-3H3. The molecular formula is C17H16F2Si. The van der Waals surface area contributed by atoms with Gasteiger partial charge in [0.2, 0.25) is 0 Å². The van der Waals surface area contributed by atoms with Gasteiger partial charge in [-0.1, -0.05) is 48.8 Å². The average Bonchev–Trinajstić information content (AvgIpc) is 2.35. The zero-order valence-corrected chi connectivity index (χ0v) is 12.8. The summed E-state index contributed by atoms with van der Waals surface area (Å²) in [5.74, 6) is 4.49. The first-order valence-electron chi connectivity index (χ1n) is 6.43. The maximum Gasteiger partial charge on any atom is 0.127 e. The first-order valence-corrected chi connectivity index (χ1v) is 9.93. The lowest BCUT2D eigenvalue weighted by Crippen LogP contribution is -2.37. The topological polar surface area (TPSA) is 0 Å². The van der Waals surface area contributed by atoms with Crippen molar-refractivity contribution in [3.63, 3.8) is 0 Å². The second-order valence-electron chi connectivity index (χ2n) is 5.74. The summed E-state index contributed by atoms with van der Waals surface area (Å²) < 4.78 is 26.1. The molecule has 0 bridgehead atoms. The van der Waals surface area contributed by atoms with E-state index in [9.17, 15) is 8.78 Å². The van der Waals surface area contributed by atoms with Crippen LogP contribution < -0.4 is 5.19 Å². The lowest BCUT2D eigenvalue weighted by Gasteiger charge is -2.15. The van der Waals surface area contributed by atoms with Gasteiger partial charge >= 0.3 is 0 Å². The Labute approximate surface area is 119 Å². The van der Waals surface area contributed by atoms with E-state index >= 15 is 0 Å². The molecule has 2 aromatic carbocycles. The molecule has 0 aliphatic carbocycles. The minimum Gasteiger partial charge on any atom is -0.207 e. The third-order valence-corrected chi connectivity index (χ3v) is 5.03. The summed E-state index contributed by atoms with van der Waals surface area (Å²) in [4.78, 5) is 0. The summed E-state index contributed by atoms with van der Waals surface area (Å²) in [5.41, 5.74) is 1.19. The van der Waals surface area contributed by atoms with Crippen molar-refractivity contribution >= 4 is 13.3 Å². The van der Waals surface area contributed by atoms with Gasteiger partial charge in [0.15, 0.2) is 0 Å². The SMILES string of the molecule is C[Si](C)(C)c1ccc(C#Cc2cc(F)cc(F)c2)cc1. The molecule has 0 aliphatic rings. The molecule has 0 saturated carbocycles. The molecule has 2 aromatic rings. The lowest BCUT2D eigenvalue weighted by molar-refractivity contribution is 0.582. The Balaban J connectivity index is 2.25. The number of benzene rings is 2. The molecule has 0 amide bonds. The Kier molecular flexibility index (Phi) is 4.06. The predicted octanol–water partition coefficient (Wildman–Crippen LogP) is 3.91. The molecule has 102 valence electrons. The van der Waals surface area contributed by atoms with Crippen molar-refractivity contribution in [2.45, 2.75) is 19.6 Å².